The second-order valence-electron chi connectivity index (χ2n) is 4.79. The first-order valence-corrected chi connectivity index (χ1v) is 6.02. The topological polar surface area (TPSA) is 29.9 Å². The summed E-state index contributed by atoms with van der Waals surface area (Å²) < 4.78 is 5.75. The molecule has 1 heterocycles. The minimum atomic E-state index is 0.245. The van der Waals surface area contributed by atoms with Gasteiger partial charge in [0.1, 0.15) is 5.82 Å². The largest absolute Gasteiger partial charge is 0.334 e. The second-order valence-corrected chi connectivity index (χ2v) is 6.51. The standard InChI is InChI=1S/C11H21N3S/c1-8-9(2)14(6)10(13-8)7-12-15-11(3,4)5/h12H,7H2,1-6H3. The number of aromatic nitrogens is 2. The lowest BCUT2D eigenvalue weighted by atomic mass is 10.3. The number of nitrogens with zero attached hydrogens (tertiary/aromatic N) is 2. The molecule has 1 aromatic heterocycles. The molecule has 15 heavy (non-hydrogen) atoms. The van der Waals surface area contributed by atoms with Gasteiger partial charge in [-0.05, 0) is 34.6 Å². The van der Waals surface area contributed by atoms with E-state index in [1.54, 1.807) is 11.9 Å². The Hall–Kier alpha value is -0.480. The minimum Gasteiger partial charge on any atom is -0.334 e. The molecule has 0 bridgehead atoms. The number of nitrogens with one attached hydrogen (secondary N) is 1. The zero-order chi connectivity index (χ0) is 11.6. The molecule has 0 fully saturated rings. The molecule has 3 nitrogen and oxygen atoms in total. The van der Waals surface area contributed by atoms with Crippen LogP contribution in [0, 0.1) is 13.8 Å². The van der Waals surface area contributed by atoms with E-state index in [-0.39, 0.29) is 4.75 Å². The summed E-state index contributed by atoms with van der Waals surface area (Å²) in [5, 5.41) is 0. The molecule has 0 aliphatic carbocycles. The van der Waals surface area contributed by atoms with Gasteiger partial charge in [-0.25, -0.2) is 4.98 Å². The predicted molar refractivity (Wildman–Crippen MR) is 66.9 cm³/mol. The predicted octanol–water partition coefficient (Wildman–Crippen LogP) is 2.57. The van der Waals surface area contributed by atoms with Gasteiger partial charge in [-0.2, -0.15) is 0 Å². The third-order valence-corrected chi connectivity index (χ3v) is 3.22. The van der Waals surface area contributed by atoms with Crippen molar-refractivity contribution in [2.45, 2.75) is 45.9 Å². The van der Waals surface area contributed by atoms with Crippen LogP contribution in [0.25, 0.3) is 0 Å². The third kappa shape index (κ3) is 3.54. The Bertz CT molecular complexity index is 336. The molecule has 0 unspecified atom stereocenters. The van der Waals surface area contributed by atoms with Crippen LogP contribution < -0.4 is 4.72 Å². The number of rotatable bonds is 3. The van der Waals surface area contributed by atoms with Crippen molar-refractivity contribution in [3.63, 3.8) is 0 Å². The lowest BCUT2D eigenvalue weighted by Gasteiger charge is -2.17. The maximum atomic E-state index is 4.52. The highest BCUT2D eigenvalue weighted by Gasteiger charge is 2.12. The van der Waals surface area contributed by atoms with Crippen molar-refractivity contribution in [1.29, 1.82) is 0 Å². The van der Waals surface area contributed by atoms with Crippen molar-refractivity contribution >= 4 is 11.9 Å². The van der Waals surface area contributed by atoms with Crippen molar-refractivity contribution in [1.82, 2.24) is 14.3 Å². The highest BCUT2D eigenvalue weighted by atomic mass is 32.2. The minimum absolute atomic E-state index is 0.245. The smallest absolute Gasteiger partial charge is 0.123 e. The van der Waals surface area contributed by atoms with E-state index in [1.807, 2.05) is 0 Å². The van der Waals surface area contributed by atoms with E-state index in [0.717, 1.165) is 18.1 Å². The average molecular weight is 227 g/mol. The molecule has 1 rings (SSSR count). The summed E-state index contributed by atoms with van der Waals surface area (Å²) in [6, 6.07) is 0. The van der Waals surface area contributed by atoms with Crippen molar-refractivity contribution in [3.05, 3.63) is 17.2 Å². The van der Waals surface area contributed by atoms with Crippen LogP contribution in [0.2, 0.25) is 0 Å². The van der Waals surface area contributed by atoms with Gasteiger partial charge in [-0.15, -0.1) is 0 Å². The van der Waals surface area contributed by atoms with Crippen LogP contribution in [0.1, 0.15) is 38.0 Å². The fourth-order valence-corrected chi connectivity index (χ4v) is 1.90. The molecule has 0 aliphatic rings. The van der Waals surface area contributed by atoms with E-state index in [4.69, 9.17) is 0 Å². The van der Waals surface area contributed by atoms with E-state index in [2.05, 4.69) is 55.9 Å². The van der Waals surface area contributed by atoms with Crippen LogP contribution in [0.5, 0.6) is 0 Å². The summed E-state index contributed by atoms with van der Waals surface area (Å²) in [5.41, 5.74) is 2.36. The van der Waals surface area contributed by atoms with Gasteiger partial charge in [-0.3, -0.25) is 4.72 Å². The molecule has 0 aliphatic heterocycles. The number of aryl methyl sites for hydroxylation is 1. The third-order valence-electron chi connectivity index (χ3n) is 2.32. The van der Waals surface area contributed by atoms with Gasteiger partial charge in [0.05, 0.1) is 12.2 Å². The van der Waals surface area contributed by atoms with Crippen molar-refractivity contribution in [2.75, 3.05) is 0 Å². The number of hydrogen-bond donors (Lipinski definition) is 1. The molecular weight excluding hydrogens is 206 g/mol. The molecule has 0 atom stereocenters. The van der Waals surface area contributed by atoms with E-state index in [0.29, 0.717) is 0 Å². The molecule has 86 valence electrons. The molecule has 0 amide bonds. The summed E-state index contributed by atoms with van der Waals surface area (Å²) in [4.78, 5) is 4.52. The van der Waals surface area contributed by atoms with Crippen molar-refractivity contribution in [3.8, 4) is 0 Å². The van der Waals surface area contributed by atoms with Crippen LogP contribution >= 0.6 is 11.9 Å². The lowest BCUT2D eigenvalue weighted by Crippen LogP contribution is -2.18. The van der Waals surface area contributed by atoms with Gasteiger partial charge in [0, 0.05) is 17.5 Å². The van der Waals surface area contributed by atoms with Crippen LogP contribution in [-0.4, -0.2) is 14.3 Å². The van der Waals surface area contributed by atoms with Crippen molar-refractivity contribution < 1.29 is 0 Å². The summed E-state index contributed by atoms with van der Waals surface area (Å²) in [5.74, 6) is 1.10. The zero-order valence-electron chi connectivity index (χ0n) is 10.5. The van der Waals surface area contributed by atoms with Gasteiger partial charge >= 0.3 is 0 Å². The molecule has 0 aromatic carbocycles. The molecular formula is C11H21N3S. The van der Waals surface area contributed by atoms with Gasteiger partial charge in [-0.1, -0.05) is 11.9 Å². The van der Waals surface area contributed by atoms with E-state index in [1.165, 1.54) is 5.69 Å². The summed E-state index contributed by atoms with van der Waals surface area (Å²) in [7, 11) is 2.06. The lowest BCUT2D eigenvalue weighted by molar-refractivity contribution is 0.738. The summed E-state index contributed by atoms with van der Waals surface area (Å²) in [6.45, 7) is 11.5. The maximum Gasteiger partial charge on any atom is 0.123 e. The van der Waals surface area contributed by atoms with Crippen LogP contribution in [0.15, 0.2) is 0 Å². The monoisotopic (exact) mass is 227 g/mol. The Morgan fingerprint density at radius 3 is 2.33 bits per heavy atom. The van der Waals surface area contributed by atoms with E-state index < -0.39 is 0 Å². The van der Waals surface area contributed by atoms with Gasteiger partial charge in [0.15, 0.2) is 0 Å². The first-order valence-electron chi connectivity index (χ1n) is 5.21. The molecule has 1 aromatic rings. The van der Waals surface area contributed by atoms with Crippen LogP contribution in [-0.2, 0) is 13.6 Å². The molecule has 0 saturated carbocycles. The first kappa shape index (κ1) is 12.6. The summed E-state index contributed by atoms with van der Waals surface area (Å²) in [6.07, 6.45) is 0. The normalized spacial score (nSPS) is 12.1. The van der Waals surface area contributed by atoms with E-state index in [9.17, 15) is 0 Å². The van der Waals surface area contributed by atoms with E-state index >= 15 is 0 Å². The quantitative estimate of drug-likeness (QED) is 0.805. The molecule has 0 saturated heterocycles. The molecule has 4 heteroatoms. The Kier molecular flexibility index (Phi) is 3.84. The van der Waals surface area contributed by atoms with Gasteiger partial charge in [0.25, 0.3) is 0 Å². The van der Waals surface area contributed by atoms with Crippen LogP contribution in [0.3, 0.4) is 0 Å². The molecule has 0 radical (unpaired) electrons. The Morgan fingerprint density at radius 2 is 1.93 bits per heavy atom. The average Bonchev–Trinajstić information content (AvgIpc) is 2.32. The highest BCUT2D eigenvalue weighted by Crippen LogP contribution is 2.20. The fourth-order valence-electron chi connectivity index (χ4n) is 1.26. The Morgan fingerprint density at radius 1 is 1.33 bits per heavy atom. The maximum absolute atomic E-state index is 4.52. The van der Waals surface area contributed by atoms with Crippen LogP contribution in [0.4, 0.5) is 0 Å². The van der Waals surface area contributed by atoms with Gasteiger partial charge < -0.3 is 4.57 Å². The second kappa shape index (κ2) is 4.58. The Balaban J connectivity index is 2.55. The Labute approximate surface area is 96.8 Å². The molecule has 0 spiro atoms. The number of hydrogen-bond acceptors (Lipinski definition) is 3. The molecule has 1 N–H and O–H groups in total. The summed E-state index contributed by atoms with van der Waals surface area (Å²) >= 11 is 1.75. The number of imidazole rings is 1. The SMILES string of the molecule is Cc1nc(CNSC(C)(C)C)n(C)c1C. The van der Waals surface area contributed by atoms with Gasteiger partial charge in [0.2, 0.25) is 0 Å². The fraction of sp³-hybridized carbons (Fsp3) is 0.727. The first-order chi connectivity index (χ1) is 6.81. The zero-order valence-corrected chi connectivity index (χ0v) is 11.3. The highest BCUT2D eigenvalue weighted by molar-refractivity contribution is 7.98. The van der Waals surface area contributed by atoms with Crippen molar-refractivity contribution in [2.24, 2.45) is 7.05 Å².